The van der Waals surface area contributed by atoms with Crippen LogP contribution in [0, 0.1) is 5.92 Å². The number of rotatable bonds is 9. The van der Waals surface area contributed by atoms with E-state index >= 15 is 0 Å². The second-order valence-corrected chi connectivity index (χ2v) is 7.89. The first-order chi connectivity index (χ1) is 14.7. The van der Waals surface area contributed by atoms with Crippen molar-refractivity contribution >= 4 is 16.9 Å². The molecule has 2 aromatic rings. The number of benzene rings is 1. The second-order valence-electron chi connectivity index (χ2n) is 7.89. The van der Waals surface area contributed by atoms with Crippen LogP contribution in [0.5, 0.6) is 0 Å². The fourth-order valence-electron chi connectivity index (χ4n) is 3.56. The van der Waals surface area contributed by atoms with Crippen LogP contribution >= 0.6 is 0 Å². The van der Waals surface area contributed by atoms with E-state index in [1.807, 2.05) is 6.07 Å². The highest BCUT2D eigenvalue weighted by Crippen LogP contribution is 2.32. The number of aliphatic hydroxyl groups excluding tert-OH is 1. The molecule has 4 rings (SSSR count). The molecule has 2 N–H and O–H groups in total. The third-order valence-corrected chi connectivity index (χ3v) is 5.49. The number of carbonyl (C=O) groups excluding carboxylic acids is 1. The highest BCUT2D eigenvalue weighted by atomic mass is 16.7. The molecule has 160 valence electrons. The zero-order chi connectivity index (χ0) is 20.9. The fraction of sp³-hybridized carbons (Fsp3) is 0.478. The van der Waals surface area contributed by atoms with Gasteiger partial charge in [-0.05, 0) is 49.8 Å². The summed E-state index contributed by atoms with van der Waals surface area (Å²) in [5, 5.41) is 12.4. The van der Waals surface area contributed by atoms with Gasteiger partial charge in [-0.25, -0.2) is 0 Å². The summed E-state index contributed by atoms with van der Waals surface area (Å²) in [5.41, 5.74) is 0.895. The molecule has 1 aromatic heterocycles. The minimum atomic E-state index is -0.647. The molecule has 1 aromatic carbocycles. The number of nitrogens with one attached hydrogen (secondary N) is 1. The Morgan fingerprint density at radius 2 is 2.07 bits per heavy atom. The van der Waals surface area contributed by atoms with Gasteiger partial charge in [-0.1, -0.05) is 12.1 Å². The Balaban J connectivity index is 1.57. The summed E-state index contributed by atoms with van der Waals surface area (Å²) in [6.07, 6.45) is 6.51. The molecule has 2 heterocycles. The van der Waals surface area contributed by atoms with Crippen LogP contribution in [-0.2, 0) is 14.3 Å². The molecule has 0 saturated heterocycles. The Hall–Kier alpha value is -2.64. The van der Waals surface area contributed by atoms with Gasteiger partial charge >= 0.3 is 0 Å². The molecule has 2 atom stereocenters. The zero-order valence-electron chi connectivity index (χ0n) is 16.8. The largest absolute Gasteiger partial charge is 0.464 e. The Labute approximate surface area is 174 Å². The van der Waals surface area contributed by atoms with Crippen LogP contribution in [-0.4, -0.2) is 37.1 Å². The SMILES string of the molecule is O=C(NCC1CC1)C1=C[C@@H](c2coc3ccccc3c2=O)C[C@@H](OCCCCO)O1. The minimum absolute atomic E-state index is 0.102. The average Bonchev–Trinajstić information content (AvgIpc) is 3.60. The van der Waals surface area contributed by atoms with Gasteiger partial charge in [-0.2, -0.15) is 0 Å². The Kier molecular flexibility index (Phi) is 6.50. The molecule has 0 spiro atoms. The van der Waals surface area contributed by atoms with Crippen molar-refractivity contribution in [1.29, 1.82) is 0 Å². The Morgan fingerprint density at radius 1 is 1.23 bits per heavy atom. The third kappa shape index (κ3) is 4.91. The first-order valence-corrected chi connectivity index (χ1v) is 10.6. The first kappa shape index (κ1) is 20.6. The molecule has 1 fully saturated rings. The number of aliphatic hydroxyl groups is 1. The number of para-hydroxylation sites is 1. The van der Waals surface area contributed by atoms with Crippen LogP contribution < -0.4 is 10.7 Å². The molecule has 1 saturated carbocycles. The molecular weight excluding hydrogens is 386 g/mol. The second kappa shape index (κ2) is 9.45. The third-order valence-electron chi connectivity index (χ3n) is 5.49. The van der Waals surface area contributed by atoms with Crippen LogP contribution in [0.3, 0.4) is 0 Å². The molecule has 1 amide bonds. The van der Waals surface area contributed by atoms with Crippen molar-refractivity contribution in [1.82, 2.24) is 5.32 Å². The smallest absolute Gasteiger partial charge is 0.286 e. The van der Waals surface area contributed by atoms with Gasteiger partial charge in [-0.3, -0.25) is 9.59 Å². The summed E-state index contributed by atoms with van der Waals surface area (Å²) in [5.74, 6) is 0.0727. The van der Waals surface area contributed by atoms with Gasteiger partial charge in [0.05, 0.1) is 18.3 Å². The van der Waals surface area contributed by atoms with Crippen molar-refractivity contribution in [3.8, 4) is 0 Å². The van der Waals surface area contributed by atoms with E-state index in [2.05, 4.69) is 5.32 Å². The van der Waals surface area contributed by atoms with Gasteiger partial charge in [0.25, 0.3) is 5.91 Å². The van der Waals surface area contributed by atoms with Crippen molar-refractivity contribution in [3.63, 3.8) is 0 Å². The van der Waals surface area contributed by atoms with Crippen LogP contribution in [0.1, 0.15) is 43.6 Å². The maximum absolute atomic E-state index is 13.0. The Bertz CT molecular complexity index is 977. The number of amides is 1. The van der Waals surface area contributed by atoms with Crippen LogP contribution in [0.4, 0.5) is 0 Å². The van der Waals surface area contributed by atoms with E-state index < -0.39 is 6.29 Å². The van der Waals surface area contributed by atoms with E-state index in [1.54, 1.807) is 24.3 Å². The molecule has 7 heteroatoms. The zero-order valence-corrected chi connectivity index (χ0v) is 16.8. The number of hydrogen-bond acceptors (Lipinski definition) is 6. The topological polar surface area (TPSA) is 98.0 Å². The minimum Gasteiger partial charge on any atom is -0.464 e. The summed E-state index contributed by atoms with van der Waals surface area (Å²) in [6, 6.07) is 7.11. The molecule has 0 unspecified atom stereocenters. The van der Waals surface area contributed by atoms with E-state index in [4.69, 9.17) is 19.0 Å². The van der Waals surface area contributed by atoms with Crippen molar-refractivity contribution in [2.45, 2.75) is 44.3 Å². The number of allylic oxidation sites excluding steroid dienone is 1. The van der Waals surface area contributed by atoms with Crippen LogP contribution in [0.25, 0.3) is 11.0 Å². The molecule has 0 radical (unpaired) electrons. The molecule has 7 nitrogen and oxygen atoms in total. The highest BCUT2D eigenvalue weighted by molar-refractivity contribution is 5.91. The average molecular weight is 413 g/mol. The first-order valence-electron chi connectivity index (χ1n) is 10.6. The van der Waals surface area contributed by atoms with Gasteiger partial charge in [0.2, 0.25) is 6.29 Å². The summed E-state index contributed by atoms with van der Waals surface area (Å²) in [7, 11) is 0. The molecule has 0 bridgehead atoms. The Morgan fingerprint density at radius 3 is 2.87 bits per heavy atom. The standard InChI is InChI=1S/C23H27NO6/c25-9-3-4-10-28-21-12-16(11-20(30-21)23(27)24-13-15-7-8-15)18-14-29-19-6-2-1-5-17(19)22(18)26/h1-2,5-6,11,14-16,21,25H,3-4,7-10,12-13H2,(H,24,27)/t16-,21+/m1/s1. The van der Waals surface area contributed by atoms with E-state index in [9.17, 15) is 9.59 Å². The van der Waals surface area contributed by atoms with Gasteiger partial charge in [0, 0.05) is 31.1 Å². The van der Waals surface area contributed by atoms with Crippen molar-refractivity contribution < 1.29 is 23.8 Å². The maximum atomic E-state index is 13.0. The number of hydrogen-bond donors (Lipinski definition) is 2. The lowest BCUT2D eigenvalue weighted by Gasteiger charge is -2.29. The summed E-state index contributed by atoms with van der Waals surface area (Å²) >= 11 is 0. The lowest BCUT2D eigenvalue weighted by Crippen LogP contribution is -2.34. The summed E-state index contributed by atoms with van der Waals surface area (Å²) in [6.45, 7) is 1.13. The molecule has 1 aliphatic heterocycles. The quantitative estimate of drug-likeness (QED) is 0.614. The summed E-state index contributed by atoms with van der Waals surface area (Å²) < 4.78 is 17.3. The van der Waals surface area contributed by atoms with Crippen LogP contribution in [0.2, 0.25) is 0 Å². The van der Waals surface area contributed by atoms with E-state index in [1.165, 1.54) is 6.26 Å². The number of ether oxygens (including phenoxy) is 2. The van der Waals surface area contributed by atoms with Gasteiger partial charge in [0.15, 0.2) is 11.2 Å². The van der Waals surface area contributed by atoms with Crippen molar-refractivity contribution in [2.24, 2.45) is 5.92 Å². The van der Waals surface area contributed by atoms with Crippen molar-refractivity contribution in [3.05, 3.63) is 58.2 Å². The normalized spacial score (nSPS) is 21.2. The van der Waals surface area contributed by atoms with Crippen LogP contribution in [0.15, 0.2) is 51.6 Å². The highest BCUT2D eigenvalue weighted by Gasteiger charge is 2.31. The molecule has 1 aliphatic carbocycles. The van der Waals surface area contributed by atoms with Gasteiger partial charge in [0.1, 0.15) is 5.58 Å². The monoisotopic (exact) mass is 413 g/mol. The molecule has 30 heavy (non-hydrogen) atoms. The van der Waals surface area contributed by atoms with Gasteiger partial charge < -0.3 is 24.3 Å². The predicted octanol–water partition coefficient (Wildman–Crippen LogP) is 2.82. The predicted molar refractivity (Wildman–Crippen MR) is 111 cm³/mol. The van der Waals surface area contributed by atoms with Gasteiger partial charge in [-0.15, -0.1) is 0 Å². The maximum Gasteiger partial charge on any atom is 0.286 e. The number of carbonyl (C=O) groups is 1. The lowest BCUT2D eigenvalue weighted by molar-refractivity contribution is -0.146. The van der Waals surface area contributed by atoms with E-state index in [-0.39, 0.29) is 29.6 Å². The fourth-order valence-corrected chi connectivity index (χ4v) is 3.56. The van der Waals surface area contributed by atoms with E-state index in [0.717, 1.165) is 12.8 Å². The van der Waals surface area contributed by atoms with Crippen molar-refractivity contribution in [2.75, 3.05) is 19.8 Å². The van der Waals surface area contributed by atoms with E-state index in [0.29, 0.717) is 54.9 Å². The lowest BCUT2D eigenvalue weighted by atomic mass is 9.93. The summed E-state index contributed by atoms with van der Waals surface area (Å²) in [4.78, 5) is 25.7. The number of unbranched alkanes of at least 4 members (excludes halogenated alkanes) is 1. The number of fused-ring (bicyclic) bond motifs is 1. The molecule has 2 aliphatic rings. The molecular formula is C23H27NO6.